The SMILES string of the molecule is CC(C)CNC(=O)C(C)N(Cc1ccccc1F)C(=O)CN(C)S(=O)(=O)c1ccc2ccccc2c1. The van der Waals surface area contributed by atoms with Gasteiger partial charge < -0.3 is 10.2 Å². The Kier molecular flexibility index (Phi) is 8.81. The van der Waals surface area contributed by atoms with E-state index >= 15 is 0 Å². The monoisotopic (exact) mass is 513 g/mol. The molecular formula is C27H32FN3O4S. The highest BCUT2D eigenvalue weighted by Crippen LogP contribution is 2.22. The molecule has 0 saturated carbocycles. The maximum Gasteiger partial charge on any atom is 0.243 e. The van der Waals surface area contributed by atoms with Crippen molar-refractivity contribution in [3.63, 3.8) is 0 Å². The molecule has 0 fully saturated rings. The minimum absolute atomic E-state index is 0.0554. The lowest BCUT2D eigenvalue weighted by Gasteiger charge is -2.30. The zero-order chi connectivity index (χ0) is 26.5. The molecule has 0 heterocycles. The summed E-state index contributed by atoms with van der Waals surface area (Å²) in [5.41, 5.74) is 0.231. The van der Waals surface area contributed by atoms with E-state index in [4.69, 9.17) is 0 Å². The van der Waals surface area contributed by atoms with Crippen LogP contribution >= 0.6 is 0 Å². The van der Waals surface area contributed by atoms with Gasteiger partial charge in [0.25, 0.3) is 0 Å². The minimum Gasteiger partial charge on any atom is -0.354 e. The fraction of sp³-hybridized carbons (Fsp3) is 0.333. The van der Waals surface area contributed by atoms with Gasteiger partial charge in [0.2, 0.25) is 21.8 Å². The Morgan fingerprint density at radius 2 is 1.58 bits per heavy atom. The summed E-state index contributed by atoms with van der Waals surface area (Å²) in [4.78, 5) is 27.4. The normalized spacial score (nSPS) is 12.6. The molecule has 7 nitrogen and oxygen atoms in total. The number of nitrogens with zero attached hydrogens (tertiary/aromatic N) is 2. The van der Waals surface area contributed by atoms with Gasteiger partial charge in [-0.25, -0.2) is 12.8 Å². The molecule has 3 rings (SSSR count). The van der Waals surface area contributed by atoms with Gasteiger partial charge in [-0.2, -0.15) is 4.31 Å². The van der Waals surface area contributed by atoms with Crippen LogP contribution in [0.4, 0.5) is 4.39 Å². The van der Waals surface area contributed by atoms with Gasteiger partial charge in [-0.05, 0) is 41.8 Å². The summed E-state index contributed by atoms with van der Waals surface area (Å²) in [6.45, 7) is 5.17. The molecule has 9 heteroatoms. The van der Waals surface area contributed by atoms with Gasteiger partial charge in [0.05, 0.1) is 11.4 Å². The highest BCUT2D eigenvalue weighted by atomic mass is 32.2. The maximum atomic E-state index is 14.4. The van der Waals surface area contributed by atoms with Crippen LogP contribution < -0.4 is 5.32 Å². The molecule has 0 spiro atoms. The number of hydrogen-bond acceptors (Lipinski definition) is 4. The lowest BCUT2D eigenvalue weighted by atomic mass is 10.1. The van der Waals surface area contributed by atoms with Crippen LogP contribution in [0.5, 0.6) is 0 Å². The second-order valence-corrected chi connectivity index (χ2v) is 11.2. The molecular weight excluding hydrogens is 481 g/mol. The van der Waals surface area contributed by atoms with Crippen molar-refractivity contribution < 1.29 is 22.4 Å². The van der Waals surface area contributed by atoms with Crippen molar-refractivity contribution in [2.45, 2.75) is 38.3 Å². The van der Waals surface area contributed by atoms with E-state index in [0.29, 0.717) is 6.54 Å². The molecule has 0 bridgehead atoms. The fourth-order valence-electron chi connectivity index (χ4n) is 3.72. The first kappa shape index (κ1) is 27.3. The maximum absolute atomic E-state index is 14.4. The summed E-state index contributed by atoms with van der Waals surface area (Å²) >= 11 is 0. The Hall–Kier alpha value is -3.30. The third-order valence-electron chi connectivity index (χ3n) is 5.94. The molecule has 2 amide bonds. The van der Waals surface area contributed by atoms with E-state index in [1.165, 1.54) is 36.2 Å². The molecule has 36 heavy (non-hydrogen) atoms. The van der Waals surface area contributed by atoms with Crippen LogP contribution in [0.3, 0.4) is 0 Å². The zero-order valence-corrected chi connectivity index (χ0v) is 21.8. The van der Waals surface area contributed by atoms with Crippen molar-refractivity contribution in [3.8, 4) is 0 Å². The molecule has 0 radical (unpaired) electrons. The van der Waals surface area contributed by atoms with Crippen molar-refractivity contribution in [1.29, 1.82) is 0 Å². The molecule has 0 aliphatic rings. The van der Waals surface area contributed by atoms with Crippen LogP contribution in [0.1, 0.15) is 26.3 Å². The number of halogens is 1. The quantitative estimate of drug-likeness (QED) is 0.447. The van der Waals surface area contributed by atoms with Crippen LogP contribution in [-0.4, -0.2) is 55.6 Å². The predicted molar refractivity (Wildman–Crippen MR) is 138 cm³/mol. The number of sulfonamides is 1. The van der Waals surface area contributed by atoms with Gasteiger partial charge in [0, 0.05) is 25.7 Å². The lowest BCUT2D eigenvalue weighted by molar-refractivity contribution is -0.140. The third-order valence-corrected chi connectivity index (χ3v) is 7.74. The Morgan fingerprint density at radius 3 is 2.25 bits per heavy atom. The van der Waals surface area contributed by atoms with E-state index in [2.05, 4.69) is 5.32 Å². The average molecular weight is 514 g/mol. The minimum atomic E-state index is -4.00. The molecule has 0 saturated heterocycles. The number of carbonyl (C=O) groups excluding carboxylic acids is 2. The van der Waals surface area contributed by atoms with Crippen LogP contribution in [0, 0.1) is 11.7 Å². The first-order valence-corrected chi connectivity index (χ1v) is 13.2. The van der Waals surface area contributed by atoms with E-state index in [9.17, 15) is 22.4 Å². The van der Waals surface area contributed by atoms with Crippen molar-refractivity contribution in [1.82, 2.24) is 14.5 Å². The van der Waals surface area contributed by atoms with Crippen molar-refractivity contribution in [2.75, 3.05) is 20.1 Å². The summed E-state index contributed by atoms with van der Waals surface area (Å²) in [5, 5.41) is 4.44. The van der Waals surface area contributed by atoms with Crippen LogP contribution in [-0.2, 0) is 26.2 Å². The number of fused-ring (bicyclic) bond motifs is 1. The van der Waals surface area contributed by atoms with Crippen LogP contribution in [0.2, 0.25) is 0 Å². The second kappa shape index (κ2) is 11.6. The lowest BCUT2D eigenvalue weighted by Crippen LogP contribution is -2.51. The van der Waals surface area contributed by atoms with Crippen molar-refractivity contribution in [3.05, 3.63) is 78.1 Å². The highest BCUT2D eigenvalue weighted by Gasteiger charge is 2.30. The number of likely N-dealkylation sites (N-methyl/N-ethyl adjacent to an activating group) is 1. The molecule has 0 aliphatic carbocycles. The molecule has 0 aromatic heterocycles. The van der Waals surface area contributed by atoms with E-state index in [0.717, 1.165) is 15.1 Å². The van der Waals surface area contributed by atoms with Gasteiger partial charge >= 0.3 is 0 Å². The summed E-state index contributed by atoms with van der Waals surface area (Å²) in [5.74, 6) is -1.32. The Bertz CT molecular complexity index is 1340. The summed E-state index contributed by atoms with van der Waals surface area (Å²) in [6, 6.07) is 17.2. The molecule has 1 N–H and O–H groups in total. The summed E-state index contributed by atoms with van der Waals surface area (Å²) in [6.07, 6.45) is 0. The number of benzene rings is 3. The van der Waals surface area contributed by atoms with E-state index in [-0.39, 0.29) is 22.9 Å². The van der Waals surface area contributed by atoms with Gasteiger partial charge in [-0.1, -0.05) is 62.4 Å². The summed E-state index contributed by atoms with van der Waals surface area (Å²) < 4.78 is 41.8. The highest BCUT2D eigenvalue weighted by molar-refractivity contribution is 7.89. The topological polar surface area (TPSA) is 86.8 Å². The van der Waals surface area contributed by atoms with Crippen LogP contribution in [0.15, 0.2) is 71.6 Å². The number of amides is 2. The van der Waals surface area contributed by atoms with Gasteiger partial charge in [0.15, 0.2) is 0 Å². The standard InChI is InChI=1S/C27H32FN3O4S/c1-19(2)16-29-27(33)20(3)31(17-23-11-7-8-12-25(23)28)26(32)18-30(4)36(34,35)24-14-13-21-9-5-6-10-22(21)15-24/h5-15,19-20H,16-18H2,1-4H3,(H,29,33). The number of rotatable bonds is 10. The van der Waals surface area contributed by atoms with E-state index < -0.39 is 40.2 Å². The summed E-state index contributed by atoms with van der Waals surface area (Å²) in [7, 11) is -2.68. The van der Waals surface area contributed by atoms with Crippen LogP contribution in [0.25, 0.3) is 10.8 Å². The van der Waals surface area contributed by atoms with Gasteiger partial charge in [-0.3, -0.25) is 9.59 Å². The van der Waals surface area contributed by atoms with Crippen molar-refractivity contribution in [2.24, 2.45) is 5.92 Å². The first-order valence-electron chi connectivity index (χ1n) is 11.8. The fourth-order valence-corrected chi connectivity index (χ4v) is 4.88. The molecule has 192 valence electrons. The molecule has 0 aliphatic heterocycles. The largest absolute Gasteiger partial charge is 0.354 e. The Balaban J connectivity index is 1.84. The predicted octanol–water partition coefficient (Wildman–Crippen LogP) is 3.79. The van der Waals surface area contributed by atoms with Crippen molar-refractivity contribution >= 4 is 32.6 Å². The third kappa shape index (κ3) is 6.47. The number of hydrogen-bond donors (Lipinski definition) is 1. The molecule has 1 atom stereocenters. The van der Waals surface area contributed by atoms with E-state index in [1.54, 1.807) is 25.1 Å². The van der Waals surface area contributed by atoms with Gasteiger partial charge in [-0.15, -0.1) is 0 Å². The zero-order valence-electron chi connectivity index (χ0n) is 20.9. The number of nitrogens with one attached hydrogen (secondary N) is 1. The van der Waals surface area contributed by atoms with E-state index in [1.807, 2.05) is 38.1 Å². The average Bonchev–Trinajstić information content (AvgIpc) is 2.85. The van der Waals surface area contributed by atoms with Gasteiger partial charge in [0.1, 0.15) is 11.9 Å². The Morgan fingerprint density at radius 1 is 0.944 bits per heavy atom. The molecule has 3 aromatic carbocycles. The molecule has 3 aromatic rings. The molecule has 1 unspecified atom stereocenters. The second-order valence-electron chi connectivity index (χ2n) is 9.20. The number of carbonyl (C=O) groups is 2. The first-order chi connectivity index (χ1) is 17.0. The Labute approximate surface area is 212 Å². The smallest absolute Gasteiger partial charge is 0.243 e.